The van der Waals surface area contributed by atoms with E-state index in [0.717, 1.165) is 17.3 Å². The molecule has 1 aliphatic rings. The van der Waals surface area contributed by atoms with E-state index in [-0.39, 0.29) is 12.5 Å². The lowest BCUT2D eigenvalue weighted by atomic mass is 10.2. The monoisotopic (exact) mass is 319 g/mol. The van der Waals surface area contributed by atoms with Gasteiger partial charge in [0.2, 0.25) is 6.10 Å². The fraction of sp³-hybridized carbons (Fsp3) is 0.312. The molecule has 0 saturated carbocycles. The number of thioether (sulfide) groups is 1. The molecule has 2 heterocycles. The van der Waals surface area contributed by atoms with Crippen LogP contribution in [0, 0.1) is 0 Å². The molecule has 0 bridgehead atoms. The molecule has 0 aliphatic carbocycles. The van der Waals surface area contributed by atoms with Gasteiger partial charge in [-0.1, -0.05) is 12.1 Å². The predicted octanol–water partition coefficient (Wildman–Crippen LogP) is 2.47. The lowest BCUT2D eigenvalue weighted by Gasteiger charge is -2.25. The number of furan rings is 1. The largest absolute Gasteiger partial charge is 0.485 e. The summed E-state index contributed by atoms with van der Waals surface area (Å²) in [6, 6.07) is 11.2. The highest BCUT2D eigenvalue weighted by Crippen LogP contribution is 2.30. The summed E-state index contributed by atoms with van der Waals surface area (Å²) in [5, 5.41) is 2.87. The molecule has 116 valence electrons. The maximum absolute atomic E-state index is 12.1. The van der Waals surface area contributed by atoms with Crippen molar-refractivity contribution in [3.63, 3.8) is 0 Å². The summed E-state index contributed by atoms with van der Waals surface area (Å²) in [5.41, 5.74) is 0. The quantitative estimate of drug-likeness (QED) is 0.829. The molecule has 0 radical (unpaired) electrons. The second-order valence-corrected chi connectivity index (χ2v) is 5.89. The number of hydrogen-bond acceptors (Lipinski definition) is 5. The average Bonchev–Trinajstić information content (AvgIpc) is 3.07. The molecule has 1 N–H and O–H groups in total. The Balaban J connectivity index is 1.38. The van der Waals surface area contributed by atoms with E-state index in [0.29, 0.717) is 18.0 Å². The second kappa shape index (κ2) is 7.26. The van der Waals surface area contributed by atoms with E-state index in [2.05, 4.69) is 5.32 Å². The van der Waals surface area contributed by atoms with E-state index in [1.165, 1.54) is 0 Å². The molecule has 0 fully saturated rings. The van der Waals surface area contributed by atoms with Gasteiger partial charge in [-0.25, -0.2) is 0 Å². The van der Waals surface area contributed by atoms with Crippen molar-refractivity contribution >= 4 is 17.7 Å². The molecule has 1 aliphatic heterocycles. The van der Waals surface area contributed by atoms with E-state index in [4.69, 9.17) is 13.9 Å². The van der Waals surface area contributed by atoms with E-state index in [9.17, 15) is 4.79 Å². The van der Waals surface area contributed by atoms with Gasteiger partial charge in [0.1, 0.15) is 12.4 Å². The van der Waals surface area contributed by atoms with Crippen molar-refractivity contribution in [2.75, 3.05) is 18.9 Å². The fourth-order valence-electron chi connectivity index (χ4n) is 2.08. The van der Waals surface area contributed by atoms with Crippen molar-refractivity contribution < 1.29 is 18.7 Å². The van der Waals surface area contributed by atoms with Gasteiger partial charge in [0.15, 0.2) is 11.5 Å². The van der Waals surface area contributed by atoms with Gasteiger partial charge in [0, 0.05) is 12.3 Å². The molecule has 5 nitrogen and oxygen atoms in total. The number of hydrogen-bond donors (Lipinski definition) is 1. The molecule has 22 heavy (non-hydrogen) atoms. The third kappa shape index (κ3) is 3.76. The van der Waals surface area contributed by atoms with E-state index >= 15 is 0 Å². The molecule has 2 aromatic rings. The fourth-order valence-corrected chi connectivity index (χ4v) is 2.83. The van der Waals surface area contributed by atoms with Crippen molar-refractivity contribution in [1.82, 2.24) is 5.32 Å². The Bertz CT molecular complexity index is 614. The molecule has 3 rings (SSSR count). The standard InChI is InChI=1S/C16H17NO4S/c18-16(17-7-9-22-11-12-4-3-8-19-12)15-10-20-13-5-1-2-6-14(13)21-15/h1-6,8,15H,7,9-11H2,(H,17,18)/t15-/m1/s1. The number of nitrogens with one attached hydrogen (secondary N) is 1. The minimum absolute atomic E-state index is 0.145. The molecule has 0 spiro atoms. The average molecular weight is 319 g/mol. The Morgan fingerprint density at radius 1 is 1.23 bits per heavy atom. The summed E-state index contributed by atoms with van der Waals surface area (Å²) in [7, 11) is 0. The van der Waals surface area contributed by atoms with Crippen LogP contribution in [0.1, 0.15) is 5.76 Å². The minimum Gasteiger partial charge on any atom is -0.485 e. The molecule has 1 aromatic carbocycles. The molecular weight excluding hydrogens is 302 g/mol. The Hall–Kier alpha value is -2.08. The Morgan fingerprint density at radius 3 is 2.91 bits per heavy atom. The lowest BCUT2D eigenvalue weighted by Crippen LogP contribution is -2.44. The summed E-state index contributed by atoms with van der Waals surface area (Å²) in [4.78, 5) is 12.1. The first kappa shape index (κ1) is 14.8. The Kier molecular flexibility index (Phi) is 4.90. The van der Waals surface area contributed by atoms with Crippen LogP contribution in [0.5, 0.6) is 11.5 Å². The number of para-hydroxylation sites is 2. The van der Waals surface area contributed by atoms with Crippen LogP contribution < -0.4 is 14.8 Å². The highest BCUT2D eigenvalue weighted by Gasteiger charge is 2.26. The van der Waals surface area contributed by atoms with Crippen molar-refractivity contribution in [1.29, 1.82) is 0 Å². The molecule has 1 amide bonds. The lowest BCUT2D eigenvalue weighted by molar-refractivity contribution is -0.130. The highest BCUT2D eigenvalue weighted by molar-refractivity contribution is 7.98. The zero-order valence-corrected chi connectivity index (χ0v) is 12.8. The zero-order chi connectivity index (χ0) is 15.2. The summed E-state index contributed by atoms with van der Waals surface area (Å²) >= 11 is 1.71. The predicted molar refractivity (Wildman–Crippen MR) is 84.2 cm³/mol. The van der Waals surface area contributed by atoms with Crippen LogP contribution in [0.2, 0.25) is 0 Å². The number of carbonyl (C=O) groups excluding carboxylic acids is 1. The summed E-state index contributed by atoms with van der Waals surface area (Å²) < 4.78 is 16.4. The number of carbonyl (C=O) groups is 1. The first-order valence-corrected chi connectivity index (χ1v) is 8.25. The van der Waals surface area contributed by atoms with Gasteiger partial charge in [-0.15, -0.1) is 0 Å². The highest BCUT2D eigenvalue weighted by atomic mass is 32.2. The van der Waals surface area contributed by atoms with Crippen molar-refractivity contribution in [2.45, 2.75) is 11.9 Å². The molecule has 0 unspecified atom stereocenters. The Morgan fingerprint density at radius 2 is 2.09 bits per heavy atom. The van der Waals surface area contributed by atoms with Gasteiger partial charge < -0.3 is 19.2 Å². The normalized spacial score (nSPS) is 16.3. The minimum atomic E-state index is -0.593. The maximum Gasteiger partial charge on any atom is 0.264 e. The number of benzene rings is 1. The van der Waals surface area contributed by atoms with Gasteiger partial charge in [0.05, 0.1) is 12.0 Å². The van der Waals surface area contributed by atoms with E-state index < -0.39 is 6.10 Å². The Labute approximate surface area is 133 Å². The molecular formula is C16H17NO4S. The first-order valence-electron chi connectivity index (χ1n) is 7.09. The summed E-state index contributed by atoms with van der Waals surface area (Å²) in [5.74, 6) is 3.71. The van der Waals surface area contributed by atoms with E-state index in [1.54, 1.807) is 24.1 Å². The SMILES string of the molecule is O=C(NCCSCc1ccco1)[C@H]1COc2ccccc2O1. The van der Waals surface area contributed by atoms with Crippen molar-refractivity contribution in [3.8, 4) is 11.5 Å². The van der Waals surface area contributed by atoms with E-state index in [1.807, 2.05) is 30.3 Å². The van der Waals surface area contributed by atoms with Gasteiger partial charge in [-0.05, 0) is 24.3 Å². The molecule has 0 saturated heterocycles. The third-order valence-corrected chi connectivity index (χ3v) is 4.15. The van der Waals surface area contributed by atoms with Gasteiger partial charge in [-0.2, -0.15) is 11.8 Å². The number of fused-ring (bicyclic) bond motifs is 1. The maximum atomic E-state index is 12.1. The number of ether oxygens (including phenoxy) is 2. The molecule has 6 heteroatoms. The third-order valence-electron chi connectivity index (χ3n) is 3.17. The van der Waals surface area contributed by atoms with Crippen molar-refractivity contribution in [2.24, 2.45) is 0 Å². The van der Waals surface area contributed by atoms with Crippen LogP contribution in [-0.4, -0.2) is 30.9 Å². The number of amides is 1. The van der Waals surface area contributed by atoms with Crippen LogP contribution in [-0.2, 0) is 10.5 Å². The molecule has 1 atom stereocenters. The number of rotatable bonds is 6. The van der Waals surface area contributed by atoms with Gasteiger partial charge in [-0.3, -0.25) is 4.79 Å². The topological polar surface area (TPSA) is 60.7 Å². The van der Waals surface area contributed by atoms with Gasteiger partial charge in [0.25, 0.3) is 5.91 Å². The summed E-state index contributed by atoms with van der Waals surface area (Å²) in [6.45, 7) is 0.827. The van der Waals surface area contributed by atoms with Crippen LogP contribution in [0.3, 0.4) is 0 Å². The van der Waals surface area contributed by atoms with Crippen molar-refractivity contribution in [3.05, 3.63) is 48.4 Å². The van der Waals surface area contributed by atoms with Gasteiger partial charge >= 0.3 is 0 Å². The van der Waals surface area contributed by atoms with Crippen LogP contribution in [0.4, 0.5) is 0 Å². The summed E-state index contributed by atoms with van der Waals surface area (Å²) in [6.07, 6.45) is 1.07. The molecule has 1 aromatic heterocycles. The van der Waals surface area contributed by atoms with Crippen LogP contribution in [0.15, 0.2) is 47.1 Å². The zero-order valence-electron chi connectivity index (χ0n) is 12.0. The smallest absolute Gasteiger partial charge is 0.264 e. The van der Waals surface area contributed by atoms with Crippen LogP contribution >= 0.6 is 11.8 Å². The second-order valence-electron chi connectivity index (χ2n) is 4.79. The first-order chi connectivity index (χ1) is 10.8. The van der Waals surface area contributed by atoms with Crippen LogP contribution in [0.25, 0.3) is 0 Å².